The Balaban J connectivity index is 1.70. The first-order valence-electron chi connectivity index (χ1n) is 8.18. The quantitative estimate of drug-likeness (QED) is 0.581. The first kappa shape index (κ1) is 17.1. The van der Waals surface area contributed by atoms with Gasteiger partial charge in [-0.2, -0.15) is 0 Å². The predicted octanol–water partition coefficient (Wildman–Crippen LogP) is 2.78. The smallest absolute Gasteiger partial charge is 0.307 e. The van der Waals surface area contributed by atoms with Crippen molar-refractivity contribution in [2.45, 2.75) is 6.92 Å². The lowest BCUT2D eigenvalue weighted by atomic mass is 9.84. The van der Waals surface area contributed by atoms with Gasteiger partial charge in [0.15, 0.2) is 11.6 Å². The van der Waals surface area contributed by atoms with Gasteiger partial charge in [0, 0.05) is 40.7 Å². The Hall–Kier alpha value is -3.32. The second kappa shape index (κ2) is 6.14. The molecule has 0 bridgehead atoms. The fourth-order valence-electron chi connectivity index (χ4n) is 3.09. The maximum Gasteiger partial charge on any atom is 0.307 e. The molecule has 0 radical (unpaired) electrons. The lowest BCUT2D eigenvalue weighted by Crippen LogP contribution is -2.21. The molecule has 1 heterocycles. The number of hydrogen-bond acceptors (Lipinski definition) is 5. The molecule has 0 spiro atoms. The molecular formula is C20H14N2O4S. The van der Waals surface area contributed by atoms with E-state index in [2.05, 4.69) is 5.32 Å². The second-order valence-electron chi connectivity index (χ2n) is 6.26. The van der Waals surface area contributed by atoms with E-state index >= 15 is 0 Å². The average molecular weight is 378 g/mol. The second-order valence-corrected chi connectivity index (χ2v) is 7.22. The molecule has 1 aromatic heterocycles. The number of thiazole rings is 1. The zero-order valence-electron chi connectivity index (χ0n) is 14.5. The van der Waals surface area contributed by atoms with Crippen molar-refractivity contribution in [2.24, 2.45) is 7.05 Å². The summed E-state index contributed by atoms with van der Waals surface area (Å²) in [5.41, 5.74) is 2.28. The van der Waals surface area contributed by atoms with E-state index in [-0.39, 0.29) is 22.0 Å². The summed E-state index contributed by atoms with van der Waals surface area (Å²) in [6.45, 7) is 1.69. The normalized spacial score (nSPS) is 12.5. The number of anilines is 1. The molecule has 0 aliphatic heterocycles. The molecule has 2 aromatic carbocycles. The van der Waals surface area contributed by atoms with Crippen molar-refractivity contribution in [3.63, 3.8) is 0 Å². The predicted molar refractivity (Wildman–Crippen MR) is 102 cm³/mol. The lowest BCUT2D eigenvalue weighted by Gasteiger charge is -2.18. The van der Waals surface area contributed by atoms with Crippen LogP contribution < -0.4 is 10.2 Å². The van der Waals surface area contributed by atoms with Gasteiger partial charge in [-0.05, 0) is 25.1 Å². The molecule has 0 saturated heterocycles. The van der Waals surface area contributed by atoms with Crippen molar-refractivity contribution in [2.75, 3.05) is 5.32 Å². The minimum Gasteiger partial charge on any atom is -0.321 e. The number of rotatable bonds is 2. The van der Waals surface area contributed by atoms with Crippen LogP contribution in [-0.4, -0.2) is 22.0 Å². The molecule has 1 aliphatic carbocycles. The van der Waals surface area contributed by atoms with Gasteiger partial charge in [-0.1, -0.05) is 35.6 Å². The van der Waals surface area contributed by atoms with E-state index in [1.54, 1.807) is 50.4 Å². The van der Waals surface area contributed by atoms with E-state index in [1.807, 2.05) is 0 Å². The van der Waals surface area contributed by atoms with Crippen molar-refractivity contribution in [1.82, 2.24) is 4.57 Å². The number of carbonyl (C=O) groups is 3. The fourth-order valence-corrected chi connectivity index (χ4v) is 3.97. The minimum atomic E-state index is -0.426. The summed E-state index contributed by atoms with van der Waals surface area (Å²) in [4.78, 5) is 49.7. The van der Waals surface area contributed by atoms with Crippen molar-refractivity contribution >= 4 is 34.5 Å². The van der Waals surface area contributed by atoms with Gasteiger partial charge in [-0.3, -0.25) is 19.2 Å². The summed E-state index contributed by atoms with van der Waals surface area (Å²) < 4.78 is 1.41. The number of ketones is 2. The van der Waals surface area contributed by atoms with Gasteiger partial charge in [0.2, 0.25) is 0 Å². The molecule has 3 aromatic rings. The third kappa shape index (κ3) is 2.63. The third-order valence-corrected chi connectivity index (χ3v) is 5.82. The Kier molecular flexibility index (Phi) is 3.89. The van der Waals surface area contributed by atoms with E-state index < -0.39 is 5.91 Å². The highest BCUT2D eigenvalue weighted by atomic mass is 32.1. The van der Waals surface area contributed by atoms with Crippen molar-refractivity contribution in [3.05, 3.63) is 85.0 Å². The summed E-state index contributed by atoms with van der Waals surface area (Å²) in [6, 6.07) is 11.3. The number of benzene rings is 2. The number of hydrogen-bond donors (Lipinski definition) is 1. The highest BCUT2D eigenvalue weighted by molar-refractivity contribution is 7.11. The van der Waals surface area contributed by atoms with E-state index in [0.717, 1.165) is 11.3 Å². The minimum absolute atomic E-state index is 0.213. The first-order valence-corrected chi connectivity index (χ1v) is 9.00. The third-order valence-electron chi connectivity index (χ3n) is 4.68. The lowest BCUT2D eigenvalue weighted by molar-refractivity contribution is 0.0979. The molecular weight excluding hydrogens is 364 g/mol. The van der Waals surface area contributed by atoms with Gasteiger partial charge in [-0.15, -0.1) is 0 Å². The maximum atomic E-state index is 12.8. The van der Waals surface area contributed by atoms with Gasteiger partial charge >= 0.3 is 4.87 Å². The van der Waals surface area contributed by atoms with Gasteiger partial charge < -0.3 is 9.88 Å². The van der Waals surface area contributed by atoms with Crippen LogP contribution in [0.3, 0.4) is 0 Å². The van der Waals surface area contributed by atoms with Gasteiger partial charge in [0.1, 0.15) is 4.88 Å². The standard InChI is InChI=1S/C20H14N2O4S/c1-10-18(27-20(26)22(10)2)19(25)21-11-7-8-14-15(9-11)17(24)13-6-4-3-5-12(13)16(14)23/h3-9H,1-2H3,(H,21,25). The molecule has 6 nitrogen and oxygen atoms in total. The topological polar surface area (TPSA) is 85.2 Å². The summed E-state index contributed by atoms with van der Waals surface area (Å²) in [5.74, 6) is -0.891. The molecule has 1 N–H and O–H groups in total. The first-order chi connectivity index (χ1) is 12.9. The van der Waals surface area contributed by atoms with Crippen molar-refractivity contribution in [1.29, 1.82) is 0 Å². The van der Waals surface area contributed by atoms with E-state index in [4.69, 9.17) is 0 Å². The van der Waals surface area contributed by atoms with Crippen LogP contribution in [0.4, 0.5) is 5.69 Å². The van der Waals surface area contributed by atoms with Crippen LogP contribution in [0.25, 0.3) is 0 Å². The Morgan fingerprint density at radius 1 is 0.926 bits per heavy atom. The summed E-state index contributed by atoms with van der Waals surface area (Å²) in [6.07, 6.45) is 0. The Morgan fingerprint density at radius 2 is 1.52 bits per heavy atom. The summed E-state index contributed by atoms with van der Waals surface area (Å²) >= 11 is 0.863. The van der Waals surface area contributed by atoms with Crippen LogP contribution >= 0.6 is 11.3 Å². The molecule has 7 heteroatoms. The summed E-state index contributed by atoms with van der Waals surface area (Å²) in [5, 5.41) is 2.70. The van der Waals surface area contributed by atoms with Crippen molar-refractivity contribution in [3.8, 4) is 0 Å². The Morgan fingerprint density at radius 3 is 2.11 bits per heavy atom. The molecule has 134 valence electrons. The molecule has 1 amide bonds. The van der Waals surface area contributed by atoms with Crippen LogP contribution in [-0.2, 0) is 7.05 Å². The number of carbonyl (C=O) groups excluding carboxylic acids is 3. The highest BCUT2D eigenvalue weighted by Gasteiger charge is 2.29. The van der Waals surface area contributed by atoms with Gasteiger partial charge in [0.05, 0.1) is 0 Å². The number of amides is 1. The number of aromatic nitrogens is 1. The molecule has 27 heavy (non-hydrogen) atoms. The molecule has 0 saturated carbocycles. The average Bonchev–Trinajstić information content (AvgIpc) is 2.93. The summed E-state index contributed by atoms with van der Waals surface area (Å²) in [7, 11) is 1.60. The zero-order valence-corrected chi connectivity index (χ0v) is 15.3. The van der Waals surface area contributed by atoms with E-state index in [9.17, 15) is 19.2 Å². The van der Waals surface area contributed by atoms with E-state index in [0.29, 0.717) is 32.9 Å². The zero-order chi connectivity index (χ0) is 19.3. The van der Waals surface area contributed by atoms with Crippen LogP contribution in [0.5, 0.6) is 0 Å². The van der Waals surface area contributed by atoms with Gasteiger partial charge in [0.25, 0.3) is 5.91 Å². The monoisotopic (exact) mass is 378 g/mol. The molecule has 0 unspecified atom stereocenters. The fraction of sp³-hybridized carbons (Fsp3) is 0.100. The largest absolute Gasteiger partial charge is 0.321 e. The van der Waals surface area contributed by atoms with Crippen LogP contribution in [0.15, 0.2) is 47.3 Å². The molecule has 0 atom stereocenters. The Bertz CT molecular complexity index is 1200. The van der Waals surface area contributed by atoms with Crippen molar-refractivity contribution < 1.29 is 14.4 Å². The molecule has 4 rings (SSSR count). The number of fused-ring (bicyclic) bond motifs is 2. The van der Waals surface area contributed by atoms with Gasteiger partial charge in [-0.25, -0.2) is 0 Å². The van der Waals surface area contributed by atoms with Crippen LogP contribution in [0.1, 0.15) is 47.2 Å². The SMILES string of the molecule is Cc1c(C(=O)Nc2ccc3c(c2)C(=O)c2ccccc2C3=O)sc(=O)n1C. The molecule has 1 aliphatic rings. The highest BCUT2D eigenvalue weighted by Crippen LogP contribution is 2.29. The number of nitrogens with zero attached hydrogens (tertiary/aromatic N) is 1. The van der Waals surface area contributed by atoms with E-state index in [1.165, 1.54) is 10.6 Å². The van der Waals surface area contributed by atoms with Crippen LogP contribution in [0.2, 0.25) is 0 Å². The van der Waals surface area contributed by atoms with Crippen LogP contribution in [0, 0.1) is 6.92 Å². The molecule has 0 fully saturated rings. The maximum absolute atomic E-state index is 12.8. The Labute approximate surface area is 158 Å². The number of nitrogens with one attached hydrogen (secondary N) is 1.